The molecule has 1 heterocycles. The molecule has 1 aliphatic heterocycles. The van der Waals surface area contributed by atoms with E-state index in [1.807, 2.05) is 0 Å². The summed E-state index contributed by atoms with van der Waals surface area (Å²) in [5.41, 5.74) is 1.82. The van der Waals surface area contributed by atoms with Gasteiger partial charge in [-0.25, -0.2) is 0 Å². The lowest BCUT2D eigenvalue weighted by atomic mass is 9.84. The standard InChI is InChI=1S/C13H21NO/c1-13(2)5-3-12(4-6-13)11-14-7-9-15-10-8-14/h3-5H,6-11H2,1-2H3. The van der Waals surface area contributed by atoms with E-state index < -0.39 is 0 Å². The van der Waals surface area contributed by atoms with Gasteiger partial charge in [0, 0.05) is 19.6 Å². The number of nitrogens with zero attached hydrogens (tertiary/aromatic N) is 1. The Balaban J connectivity index is 1.85. The molecule has 0 aromatic carbocycles. The van der Waals surface area contributed by atoms with E-state index >= 15 is 0 Å². The molecule has 0 amide bonds. The predicted molar refractivity (Wildman–Crippen MR) is 62.9 cm³/mol. The highest BCUT2D eigenvalue weighted by atomic mass is 16.5. The fourth-order valence-electron chi connectivity index (χ4n) is 2.00. The number of allylic oxidation sites excluding steroid dienone is 2. The number of morpholine rings is 1. The summed E-state index contributed by atoms with van der Waals surface area (Å²) in [6.07, 6.45) is 8.18. The van der Waals surface area contributed by atoms with E-state index in [0.717, 1.165) is 32.8 Å². The van der Waals surface area contributed by atoms with Crippen LogP contribution in [0.2, 0.25) is 0 Å². The summed E-state index contributed by atoms with van der Waals surface area (Å²) in [6.45, 7) is 9.60. The molecule has 15 heavy (non-hydrogen) atoms. The van der Waals surface area contributed by atoms with Gasteiger partial charge in [-0.2, -0.15) is 0 Å². The van der Waals surface area contributed by atoms with E-state index in [4.69, 9.17) is 4.74 Å². The monoisotopic (exact) mass is 207 g/mol. The maximum absolute atomic E-state index is 5.34. The molecule has 0 aromatic heterocycles. The SMILES string of the molecule is CC1(C)C=CC(CN2CCOCC2)=CC1. The zero-order valence-electron chi connectivity index (χ0n) is 9.83. The summed E-state index contributed by atoms with van der Waals surface area (Å²) in [4.78, 5) is 2.47. The van der Waals surface area contributed by atoms with E-state index in [0.29, 0.717) is 5.41 Å². The Hall–Kier alpha value is -0.600. The van der Waals surface area contributed by atoms with Crippen molar-refractivity contribution in [2.75, 3.05) is 32.8 Å². The molecule has 0 atom stereocenters. The van der Waals surface area contributed by atoms with Crippen LogP contribution in [0.15, 0.2) is 23.8 Å². The molecule has 0 aromatic rings. The number of hydrogen-bond donors (Lipinski definition) is 0. The van der Waals surface area contributed by atoms with Gasteiger partial charge in [-0.05, 0) is 17.4 Å². The first-order chi connectivity index (χ1) is 7.16. The molecule has 0 unspecified atom stereocenters. The zero-order valence-corrected chi connectivity index (χ0v) is 9.83. The van der Waals surface area contributed by atoms with E-state index in [1.54, 1.807) is 0 Å². The summed E-state index contributed by atoms with van der Waals surface area (Å²) < 4.78 is 5.34. The highest BCUT2D eigenvalue weighted by Crippen LogP contribution is 2.28. The number of hydrogen-bond acceptors (Lipinski definition) is 2. The van der Waals surface area contributed by atoms with E-state index in [1.165, 1.54) is 12.0 Å². The van der Waals surface area contributed by atoms with Crippen molar-refractivity contribution in [3.8, 4) is 0 Å². The Morgan fingerprint density at radius 2 is 2.07 bits per heavy atom. The molecule has 2 rings (SSSR count). The molecule has 0 spiro atoms. The van der Waals surface area contributed by atoms with Crippen LogP contribution in [0.4, 0.5) is 0 Å². The maximum atomic E-state index is 5.34. The Bertz CT molecular complexity index is 272. The lowest BCUT2D eigenvalue weighted by Gasteiger charge is -2.29. The van der Waals surface area contributed by atoms with Gasteiger partial charge >= 0.3 is 0 Å². The first-order valence-corrected chi connectivity index (χ1v) is 5.84. The Morgan fingerprint density at radius 1 is 1.33 bits per heavy atom. The van der Waals surface area contributed by atoms with Crippen LogP contribution in [0.1, 0.15) is 20.3 Å². The van der Waals surface area contributed by atoms with Gasteiger partial charge in [-0.15, -0.1) is 0 Å². The molecule has 0 radical (unpaired) electrons. The van der Waals surface area contributed by atoms with Gasteiger partial charge in [-0.1, -0.05) is 32.1 Å². The smallest absolute Gasteiger partial charge is 0.0594 e. The van der Waals surface area contributed by atoms with E-state index in [-0.39, 0.29) is 0 Å². The van der Waals surface area contributed by atoms with Crippen LogP contribution in [0.25, 0.3) is 0 Å². The number of ether oxygens (including phenoxy) is 1. The van der Waals surface area contributed by atoms with Crippen LogP contribution in [0.5, 0.6) is 0 Å². The van der Waals surface area contributed by atoms with Crippen molar-refractivity contribution >= 4 is 0 Å². The van der Waals surface area contributed by atoms with Crippen LogP contribution in [0, 0.1) is 5.41 Å². The van der Waals surface area contributed by atoms with Crippen molar-refractivity contribution in [3.05, 3.63) is 23.8 Å². The van der Waals surface area contributed by atoms with Gasteiger partial charge in [0.25, 0.3) is 0 Å². The fourth-order valence-corrected chi connectivity index (χ4v) is 2.00. The van der Waals surface area contributed by atoms with Crippen molar-refractivity contribution in [1.29, 1.82) is 0 Å². The molecule has 2 heteroatoms. The molecule has 2 aliphatic rings. The Labute approximate surface area is 92.6 Å². The second kappa shape index (κ2) is 4.50. The molecule has 2 nitrogen and oxygen atoms in total. The van der Waals surface area contributed by atoms with Gasteiger partial charge in [0.15, 0.2) is 0 Å². The minimum atomic E-state index is 0.356. The molecule has 0 bridgehead atoms. The Kier molecular flexibility index (Phi) is 3.27. The summed E-state index contributed by atoms with van der Waals surface area (Å²) in [6, 6.07) is 0. The van der Waals surface area contributed by atoms with Gasteiger partial charge in [0.1, 0.15) is 0 Å². The molecule has 0 N–H and O–H groups in total. The maximum Gasteiger partial charge on any atom is 0.0594 e. The third kappa shape index (κ3) is 3.18. The van der Waals surface area contributed by atoms with Crippen LogP contribution in [0.3, 0.4) is 0 Å². The van der Waals surface area contributed by atoms with Crippen molar-refractivity contribution in [2.24, 2.45) is 5.41 Å². The third-order valence-electron chi connectivity index (χ3n) is 3.15. The lowest BCUT2D eigenvalue weighted by molar-refractivity contribution is 0.0425. The third-order valence-corrected chi connectivity index (χ3v) is 3.15. The van der Waals surface area contributed by atoms with Crippen molar-refractivity contribution in [3.63, 3.8) is 0 Å². The van der Waals surface area contributed by atoms with Crippen molar-refractivity contribution in [2.45, 2.75) is 20.3 Å². The van der Waals surface area contributed by atoms with Gasteiger partial charge in [0.05, 0.1) is 13.2 Å². The van der Waals surface area contributed by atoms with Gasteiger partial charge in [0.2, 0.25) is 0 Å². The van der Waals surface area contributed by atoms with Gasteiger partial charge in [-0.3, -0.25) is 4.90 Å². The Morgan fingerprint density at radius 3 is 2.67 bits per heavy atom. The molecule has 1 saturated heterocycles. The zero-order chi connectivity index (χ0) is 10.7. The molecular weight excluding hydrogens is 186 g/mol. The topological polar surface area (TPSA) is 12.5 Å². The quantitative estimate of drug-likeness (QED) is 0.688. The molecule has 84 valence electrons. The summed E-state index contributed by atoms with van der Waals surface area (Å²) in [5.74, 6) is 0. The summed E-state index contributed by atoms with van der Waals surface area (Å²) >= 11 is 0. The second-order valence-corrected chi connectivity index (χ2v) is 5.19. The molecule has 1 aliphatic carbocycles. The normalized spacial score (nSPS) is 26.4. The van der Waals surface area contributed by atoms with Crippen molar-refractivity contribution in [1.82, 2.24) is 4.90 Å². The van der Waals surface area contributed by atoms with Gasteiger partial charge < -0.3 is 4.74 Å². The summed E-state index contributed by atoms with van der Waals surface area (Å²) in [7, 11) is 0. The minimum absolute atomic E-state index is 0.356. The number of rotatable bonds is 2. The van der Waals surface area contributed by atoms with Crippen LogP contribution < -0.4 is 0 Å². The van der Waals surface area contributed by atoms with E-state index in [2.05, 4.69) is 37.0 Å². The fraction of sp³-hybridized carbons (Fsp3) is 0.692. The summed E-state index contributed by atoms with van der Waals surface area (Å²) in [5, 5.41) is 0. The highest BCUT2D eigenvalue weighted by Gasteiger charge is 2.17. The lowest BCUT2D eigenvalue weighted by Crippen LogP contribution is -2.37. The predicted octanol–water partition coefficient (Wildman–Crippen LogP) is 2.23. The average molecular weight is 207 g/mol. The second-order valence-electron chi connectivity index (χ2n) is 5.19. The highest BCUT2D eigenvalue weighted by molar-refractivity contribution is 5.27. The minimum Gasteiger partial charge on any atom is -0.379 e. The largest absolute Gasteiger partial charge is 0.379 e. The molecule has 0 saturated carbocycles. The van der Waals surface area contributed by atoms with Crippen LogP contribution >= 0.6 is 0 Å². The first kappa shape index (κ1) is 10.9. The van der Waals surface area contributed by atoms with Crippen molar-refractivity contribution < 1.29 is 4.74 Å². The average Bonchev–Trinajstić information content (AvgIpc) is 2.23. The first-order valence-electron chi connectivity index (χ1n) is 5.84. The van der Waals surface area contributed by atoms with Crippen LogP contribution in [-0.2, 0) is 4.74 Å². The molecule has 1 fully saturated rings. The van der Waals surface area contributed by atoms with Crippen LogP contribution in [-0.4, -0.2) is 37.7 Å². The van der Waals surface area contributed by atoms with E-state index in [9.17, 15) is 0 Å². The molecular formula is C13H21NO.